The van der Waals surface area contributed by atoms with Gasteiger partial charge in [-0.2, -0.15) is 0 Å². The van der Waals surface area contributed by atoms with Crippen molar-refractivity contribution in [2.75, 3.05) is 38.7 Å². The summed E-state index contributed by atoms with van der Waals surface area (Å²) in [6, 6.07) is 19.6. The molecule has 0 aliphatic heterocycles. The zero-order valence-electron chi connectivity index (χ0n) is 20.0. The fourth-order valence-corrected chi connectivity index (χ4v) is 3.78. The van der Waals surface area contributed by atoms with Crippen molar-refractivity contribution >= 4 is 16.7 Å². The van der Waals surface area contributed by atoms with Gasteiger partial charge in [0.15, 0.2) is 5.82 Å². The van der Waals surface area contributed by atoms with E-state index in [0.717, 1.165) is 33.5 Å². The third-order valence-electron chi connectivity index (χ3n) is 5.59. The summed E-state index contributed by atoms with van der Waals surface area (Å²) in [6.45, 7) is 1.32. The Morgan fingerprint density at radius 3 is 2.80 bits per heavy atom. The van der Waals surface area contributed by atoms with E-state index in [2.05, 4.69) is 16.2 Å². The van der Waals surface area contributed by atoms with Crippen LogP contribution in [0.15, 0.2) is 66.9 Å². The van der Waals surface area contributed by atoms with Crippen LogP contribution in [0, 0.1) is 12.3 Å². The Hall–Kier alpha value is -3.99. The molecule has 0 radical (unpaired) electrons. The van der Waals surface area contributed by atoms with E-state index in [0.29, 0.717) is 31.1 Å². The van der Waals surface area contributed by atoms with Crippen molar-refractivity contribution in [3.05, 3.63) is 66.9 Å². The van der Waals surface area contributed by atoms with Gasteiger partial charge < -0.3 is 20.1 Å². The van der Waals surface area contributed by atoms with E-state index in [-0.39, 0.29) is 6.61 Å². The normalized spacial score (nSPS) is 11.7. The van der Waals surface area contributed by atoms with Crippen LogP contribution >= 0.6 is 0 Å². The van der Waals surface area contributed by atoms with Crippen molar-refractivity contribution in [1.82, 2.24) is 20.3 Å². The molecular weight excluding hydrogens is 438 g/mol. The standard InChI is InChI=1S/C28H29N5O2/c1-4-5-15-33(3)27-17-26(24-11-7-13-25-23(24)12-8-14-30-25)31-28(32-27)20-9-6-10-22(16-20)35-19-21(34)18-29-2/h1,6-14,16-17,21,29,34H,5,15,18-19H2,2-3H3. The largest absolute Gasteiger partial charge is 0.491 e. The molecule has 7 nitrogen and oxygen atoms in total. The lowest BCUT2D eigenvalue weighted by molar-refractivity contribution is 0.108. The predicted molar refractivity (Wildman–Crippen MR) is 140 cm³/mol. The first-order valence-electron chi connectivity index (χ1n) is 11.5. The lowest BCUT2D eigenvalue weighted by Crippen LogP contribution is -2.29. The van der Waals surface area contributed by atoms with Gasteiger partial charge in [-0.3, -0.25) is 4.98 Å². The molecule has 178 valence electrons. The summed E-state index contributed by atoms with van der Waals surface area (Å²) in [5.74, 6) is 4.68. The number of terminal acetylenes is 1. The van der Waals surface area contributed by atoms with Crippen LogP contribution in [0.1, 0.15) is 6.42 Å². The van der Waals surface area contributed by atoms with Gasteiger partial charge in [0.05, 0.1) is 11.2 Å². The number of ether oxygens (including phenoxy) is 1. The Kier molecular flexibility index (Phi) is 7.88. The van der Waals surface area contributed by atoms with E-state index in [1.165, 1.54) is 0 Å². The van der Waals surface area contributed by atoms with E-state index < -0.39 is 6.10 Å². The van der Waals surface area contributed by atoms with Gasteiger partial charge in [0.2, 0.25) is 0 Å². The van der Waals surface area contributed by atoms with Gasteiger partial charge in [0.25, 0.3) is 0 Å². The quantitative estimate of drug-likeness (QED) is 0.344. The molecule has 1 atom stereocenters. The number of benzene rings is 2. The first-order valence-corrected chi connectivity index (χ1v) is 11.5. The average molecular weight is 468 g/mol. The molecule has 0 fully saturated rings. The highest BCUT2D eigenvalue weighted by molar-refractivity contribution is 5.94. The van der Waals surface area contributed by atoms with E-state index in [1.54, 1.807) is 13.2 Å². The van der Waals surface area contributed by atoms with E-state index in [4.69, 9.17) is 21.1 Å². The maximum Gasteiger partial charge on any atom is 0.162 e. The van der Waals surface area contributed by atoms with Crippen molar-refractivity contribution < 1.29 is 9.84 Å². The number of pyridine rings is 1. The van der Waals surface area contributed by atoms with Crippen LogP contribution in [-0.2, 0) is 0 Å². The summed E-state index contributed by atoms with van der Waals surface area (Å²) in [5.41, 5.74) is 3.50. The third-order valence-corrected chi connectivity index (χ3v) is 5.59. The third kappa shape index (κ3) is 5.93. The minimum absolute atomic E-state index is 0.189. The van der Waals surface area contributed by atoms with Crippen LogP contribution in [0.3, 0.4) is 0 Å². The molecule has 0 saturated carbocycles. The van der Waals surface area contributed by atoms with Crippen LogP contribution in [0.4, 0.5) is 5.82 Å². The Bertz CT molecular complexity index is 1330. The molecule has 35 heavy (non-hydrogen) atoms. The lowest BCUT2D eigenvalue weighted by atomic mass is 10.0. The van der Waals surface area contributed by atoms with E-state index >= 15 is 0 Å². The van der Waals surface area contributed by atoms with Gasteiger partial charge in [-0.05, 0) is 31.3 Å². The summed E-state index contributed by atoms with van der Waals surface area (Å²) < 4.78 is 5.80. The second-order valence-corrected chi connectivity index (χ2v) is 8.24. The topological polar surface area (TPSA) is 83.4 Å². The number of aliphatic hydroxyl groups is 1. The summed E-state index contributed by atoms with van der Waals surface area (Å²) in [5, 5.41) is 13.9. The fourth-order valence-electron chi connectivity index (χ4n) is 3.78. The van der Waals surface area contributed by atoms with E-state index in [1.807, 2.05) is 72.6 Å². The number of aromatic nitrogens is 3. The second-order valence-electron chi connectivity index (χ2n) is 8.24. The van der Waals surface area contributed by atoms with Gasteiger partial charge in [0, 0.05) is 55.3 Å². The van der Waals surface area contributed by atoms with Crippen LogP contribution in [0.5, 0.6) is 5.75 Å². The summed E-state index contributed by atoms with van der Waals surface area (Å²) in [6.07, 6.45) is 7.29. The first kappa shape index (κ1) is 24.1. The molecule has 2 heterocycles. The molecule has 0 amide bonds. The number of fused-ring (bicyclic) bond motifs is 1. The fraction of sp³-hybridized carbons (Fsp3) is 0.250. The highest BCUT2D eigenvalue weighted by Crippen LogP contribution is 2.31. The highest BCUT2D eigenvalue weighted by atomic mass is 16.5. The Morgan fingerprint density at radius 2 is 1.97 bits per heavy atom. The molecule has 0 aliphatic rings. The summed E-state index contributed by atoms with van der Waals surface area (Å²) in [7, 11) is 3.76. The van der Waals surface area contributed by atoms with Gasteiger partial charge in [-0.25, -0.2) is 9.97 Å². The average Bonchev–Trinajstić information content (AvgIpc) is 2.90. The summed E-state index contributed by atoms with van der Waals surface area (Å²) >= 11 is 0. The molecule has 7 heteroatoms. The molecule has 2 N–H and O–H groups in total. The van der Waals surface area contributed by atoms with Crippen molar-refractivity contribution in [1.29, 1.82) is 0 Å². The number of hydrogen-bond donors (Lipinski definition) is 2. The minimum Gasteiger partial charge on any atom is -0.491 e. The number of likely N-dealkylation sites (N-methyl/N-ethyl adjacent to an activating group) is 1. The van der Waals surface area contributed by atoms with Gasteiger partial charge in [-0.1, -0.05) is 30.3 Å². The van der Waals surface area contributed by atoms with Crippen molar-refractivity contribution in [2.45, 2.75) is 12.5 Å². The van der Waals surface area contributed by atoms with Gasteiger partial charge >= 0.3 is 0 Å². The van der Waals surface area contributed by atoms with Crippen LogP contribution < -0.4 is 15.0 Å². The number of hydrogen-bond acceptors (Lipinski definition) is 7. The zero-order chi connectivity index (χ0) is 24.6. The zero-order valence-corrected chi connectivity index (χ0v) is 20.0. The Morgan fingerprint density at radius 1 is 1.11 bits per heavy atom. The minimum atomic E-state index is -0.598. The molecule has 2 aromatic heterocycles. The highest BCUT2D eigenvalue weighted by Gasteiger charge is 2.14. The van der Waals surface area contributed by atoms with Crippen LogP contribution in [0.2, 0.25) is 0 Å². The molecule has 4 rings (SSSR count). The number of aliphatic hydroxyl groups excluding tert-OH is 1. The van der Waals surface area contributed by atoms with Crippen molar-refractivity contribution in [2.24, 2.45) is 0 Å². The number of anilines is 1. The number of nitrogens with one attached hydrogen (secondary N) is 1. The van der Waals surface area contributed by atoms with Crippen LogP contribution in [0.25, 0.3) is 33.5 Å². The second kappa shape index (κ2) is 11.4. The smallest absolute Gasteiger partial charge is 0.162 e. The molecule has 0 bridgehead atoms. The summed E-state index contributed by atoms with van der Waals surface area (Å²) in [4.78, 5) is 16.3. The molecule has 0 aliphatic carbocycles. The SMILES string of the molecule is C#CCCN(C)c1cc(-c2cccc3ncccc23)nc(-c2cccc(OCC(O)CNC)c2)n1. The molecule has 0 spiro atoms. The molecule has 0 saturated heterocycles. The van der Waals surface area contributed by atoms with E-state index in [9.17, 15) is 5.11 Å². The number of nitrogens with zero attached hydrogens (tertiary/aromatic N) is 4. The lowest BCUT2D eigenvalue weighted by Gasteiger charge is -2.19. The number of rotatable bonds is 10. The van der Waals surface area contributed by atoms with Gasteiger partial charge in [0.1, 0.15) is 24.3 Å². The Balaban J connectivity index is 1.76. The molecule has 1 unspecified atom stereocenters. The monoisotopic (exact) mass is 467 g/mol. The maximum absolute atomic E-state index is 9.98. The Labute approximate surface area is 205 Å². The van der Waals surface area contributed by atoms with Crippen molar-refractivity contribution in [3.8, 4) is 40.7 Å². The molecule has 2 aromatic carbocycles. The molecular formula is C28H29N5O2. The first-order chi connectivity index (χ1) is 17.1. The molecule has 4 aromatic rings. The maximum atomic E-state index is 9.98. The van der Waals surface area contributed by atoms with Gasteiger partial charge in [-0.15, -0.1) is 12.3 Å². The van der Waals surface area contributed by atoms with Crippen molar-refractivity contribution in [3.63, 3.8) is 0 Å². The van der Waals surface area contributed by atoms with Crippen LogP contribution in [-0.4, -0.2) is 60.0 Å². The predicted octanol–water partition coefficient (Wildman–Crippen LogP) is 3.78.